The van der Waals surface area contributed by atoms with Crippen LogP contribution in [0.15, 0.2) is 103 Å². The lowest BCUT2D eigenvalue weighted by Crippen LogP contribution is -2.02. The van der Waals surface area contributed by atoms with Gasteiger partial charge in [-0.2, -0.15) is 0 Å². The van der Waals surface area contributed by atoms with Gasteiger partial charge in [0, 0.05) is 43.7 Å². The van der Waals surface area contributed by atoms with E-state index in [9.17, 15) is 4.79 Å². The number of hydrogen-bond donors (Lipinski definition) is 2. The van der Waals surface area contributed by atoms with Crippen LogP contribution in [0, 0.1) is 0 Å². The molecular formula is C32H22N2O2. The number of ether oxygens (including phenoxy) is 1. The van der Waals surface area contributed by atoms with Crippen molar-refractivity contribution in [3.63, 3.8) is 0 Å². The normalized spacial score (nSPS) is 11.6. The van der Waals surface area contributed by atoms with Crippen LogP contribution in [0.25, 0.3) is 65.9 Å². The Bertz CT molecular complexity index is 1830. The maximum atomic E-state index is 12.8. The summed E-state index contributed by atoms with van der Waals surface area (Å²) in [5.74, 6) is -0.356. The largest absolute Gasteiger partial charge is 0.465 e. The molecule has 0 spiro atoms. The molecule has 0 saturated heterocycles. The van der Waals surface area contributed by atoms with Crippen molar-refractivity contribution in [1.82, 2.24) is 9.97 Å². The molecule has 2 aromatic heterocycles. The van der Waals surface area contributed by atoms with Crippen molar-refractivity contribution in [2.45, 2.75) is 0 Å². The molecule has 0 fully saturated rings. The number of para-hydroxylation sites is 4. The van der Waals surface area contributed by atoms with Gasteiger partial charge in [0.1, 0.15) is 0 Å². The minimum atomic E-state index is -0.356. The maximum Gasteiger partial charge on any atom is 0.337 e. The number of aromatic nitrogens is 2. The van der Waals surface area contributed by atoms with E-state index in [1.165, 1.54) is 17.9 Å². The van der Waals surface area contributed by atoms with Crippen molar-refractivity contribution in [1.29, 1.82) is 0 Å². The Balaban J connectivity index is 1.51. The Kier molecular flexibility index (Phi) is 4.48. The van der Waals surface area contributed by atoms with Crippen LogP contribution in [0.2, 0.25) is 0 Å². The van der Waals surface area contributed by atoms with Crippen molar-refractivity contribution in [3.8, 4) is 22.3 Å². The van der Waals surface area contributed by atoms with E-state index in [0.717, 1.165) is 55.1 Å². The zero-order valence-corrected chi connectivity index (χ0v) is 19.6. The van der Waals surface area contributed by atoms with Crippen LogP contribution in [-0.4, -0.2) is 23.0 Å². The van der Waals surface area contributed by atoms with Gasteiger partial charge in [0.15, 0.2) is 0 Å². The van der Waals surface area contributed by atoms with Gasteiger partial charge in [-0.15, -0.1) is 0 Å². The molecule has 4 nitrogen and oxygen atoms in total. The van der Waals surface area contributed by atoms with Crippen LogP contribution in [0.5, 0.6) is 0 Å². The lowest BCUT2D eigenvalue weighted by molar-refractivity contribution is 0.0601. The number of carbonyl (C=O) groups is 1. The van der Waals surface area contributed by atoms with Crippen molar-refractivity contribution >= 4 is 49.6 Å². The Labute approximate surface area is 207 Å². The first kappa shape index (κ1) is 20.5. The van der Waals surface area contributed by atoms with Gasteiger partial charge in [-0.25, -0.2) is 4.79 Å². The molecule has 0 bridgehead atoms. The second-order valence-electron chi connectivity index (χ2n) is 9.09. The van der Waals surface area contributed by atoms with Gasteiger partial charge >= 0.3 is 5.97 Å². The van der Waals surface area contributed by atoms with Crippen LogP contribution >= 0.6 is 0 Å². The number of nitrogens with one attached hydrogen (secondary N) is 2. The topological polar surface area (TPSA) is 57.9 Å². The highest BCUT2D eigenvalue weighted by Gasteiger charge is 2.16. The number of hydrogen-bond acceptors (Lipinski definition) is 2. The highest BCUT2D eigenvalue weighted by molar-refractivity contribution is 6.14. The number of benzene rings is 5. The number of carbonyl (C=O) groups excluding carboxylic acids is 1. The fourth-order valence-electron chi connectivity index (χ4n) is 5.40. The quantitative estimate of drug-likeness (QED) is 0.259. The SMILES string of the molecule is COC(=O)c1cc(-c2cccc3c2[nH]c2ccccc23)cc(-c2cccc3c2[nH]c2ccccc23)c1. The standard InChI is InChI=1S/C32H22N2O2/c1-36-32(35)21-17-19(22-10-6-12-26-24-8-2-4-14-28(24)33-30(22)26)16-20(18-21)23-11-7-13-27-25-9-3-5-15-29(25)34-31(23)27/h2-18,33-34H,1H3. The summed E-state index contributed by atoms with van der Waals surface area (Å²) in [5.41, 5.74) is 8.80. The molecule has 0 unspecified atom stereocenters. The predicted octanol–water partition coefficient (Wildman–Crippen LogP) is 8.08. The van der Waals surface area contributed by atoms with Gasteiger partial charge in [-0.1, -0.05) is 72.8 Å². The van der Waals surface area contributed by atoms with E-state index in [2.05, 4.69) is 88.8 Å². The monoisotopic (exact) mass is 466 g/mol. The molecule has 0 saturated carbocycles. The Morgan fingerprint density at radius 3 is 1.56 bits per heavy atom. The average molecular weight is 467 g/mol. The van der Waals surface area contributed by atoms with Gasteiger partial charge in [-0.3, -0.25) is 0 Å². The van der Waals surface area contributed by atoms with Crippen molar-refractivity contribution in [3.05, 3.63) is 109 Å². The van der Waals surface area contributed by atoms with Gasteiger partial charge in [-0.05, 0) is 41.5 Å². The average Bonchev–Trinajstić information content (AvgIpc) is 3.50. The zero-order chi connectivity index (χ0) is 24.2. The van der Waals surface area contributed by atoms with Crippen LogP contribution in [0.4, 0.5) is 0 Å². The fraction of sp³-hybridized carbons (Fsp3) is 0.0312. The number of aromatic amines is 2. The first-order chi connectivity index (χ1) is 17.7. The summed E-state index contributed by atoms with van der Waals surface area (Å²) in [5, 5.41) is 4.68. The Morgan fingerprint density at radius 1 is 0.583 bits per heavy atom. The lowest BCUT2D eigenvalue weighted by Gasteiger charge is -2.11. The number of H-pyrrole nitrogens is 2. The van der Waals surface area contributed by atoms with Gasteiger partial charge in [0.2, 0.25) is 0 Å². The molecule has 0 aliphatic rings. The Hall–Kier alpha value is -4.83. The summed E-state index contributed by atoms with van der Waals surface area (Å²) in [6, 6.07) is 35.2. The van der Waals surface area contributed by atoms with Crippen molar-refractivity contribution in [2.75, 3.05) is 7.11 Å². The molecule has 172 valence electrons. The summed E-state index contributed by atoms with van der Waals surface area (Å²) in [6.07, 6.45) is 0. The van der Waals surface area contributed by atoms with Gasteiger partial charge < -0.3 is 14.7 Å². The molecule has 7 aromatic rings. The molecule has 0 radical (unpaired) electrons. The molecule has 2 N–H and O–H groups in total. The van der Waals surface area contributed by atoms with E-state index in [1.54, 1.807) is 0 Å². The van der Waals surface area contributed by atoms with Gasteiger partial charge in [0.25, 0.3) is 0 Å². The number of methoxy groups -OCH3 is 1. The second-order valence-corrected chi connectivity index (χ2v) is 9.09. The lowest BCUT2D eigenvalue weighted by atomic mass is 9.94. The van der Waals surface area contributed by atoms with Crippen LogP contribution in [0.1, 0.15) is 10.4 Å². The first-order valence-corrected chi connectivity index (χ1v) is 11.9. The zero-order valence-electron chi connectivity index (χ0n) is 19.6. The molecule has 4 heteroatoms. The third kappa shape index (κ3) is 3.05. The molecule has 0 aliphatic carbocycles. The van der Waals surface area contributed by atoms with E-state index in [0.29, 0.717) is 5.56 Å². The first-order valence-electron chi connectivity index (χ1n) is 11.9. The molecule has 0 atom stereocenters. The van der Waals surface area contributed by atoms with E-state index in [-0.39, 0.29) is 5.97 Å². The fourth-order valence-corrected chi connectivity index (χ4v) is 5.40. The number of rotatable bonds is 3. The van der Waals surface area contributed by atoms with E-state index in [4.69, 9.17) is 4.74 Å². The van der Waals surface area contributed by atoms with E-state index < -0.39 is 0 Å². The summed E-state index contributed by atoms with van der Waals surface area (Å²) in [6.45, 7) is 0. The number of esters is 1. The molecule has 5 aromatic carbocycles. The highest BCUT2D eigenvalue weighted by Crippen LogP contribution is 2.38. The molecular weight excluding hydrogens is 444 g/mol. The maximum absolute atomic E-state index is 12.8. The van der Waals surface area contributed by atoms with Crippen molar-refractivity contribution < 1.29 is 9.53 Å². The molecule has 36 heavy (non-hydrogen) atoms. The predicted molar refractivity (Wildman–Crippen MR) is 147 cm³/mol. The summed E-state index contributed by atoms with van der Waals surface area (Å²) < 4.78 is 5.13. The summed E-state index contributed by atoms with van der Waals surface area (Å²) in [7, 11) is 1.42. The third-order valence-corrected chi connectivity index (χ3v) is 7.06. The minimum Gasteiger partial charge on any atom is -0.465 e. The van der Waals surface area contributed by atoms with Crippen LogP contribution in [0.3, 0.4) is 0 Å². The van der Waals surface area contributed by atoms with Crippen molar-refractivity contribution in [2.24, 2.45) is 0 Å². The number of fused-ring (bicyclic) bond motifs is 6. The van der Waals surface area contributed by atoms with E-state index >= 15 is 0 Å². The van der Waals surface area contributed by atoms with Crippen LogP contribution < -0.4 is 0 Å². The molecule has 7 rings (SSSR count). The highest BCUT2D eigenvalue weighted by atomic mass is 16.5. The van der Waals surface area contributed by atoms with Crippen LogP contribution in [-0.2, 0) is 4.74 Å². The Morgan fingerprint density at radius 2 is 1.06 bits per heavy atom. The van der Waals surface area contributed by atoms with E-state index in [1.807, 2.05) is 24.3 Å². The molecule has 0 aliphatic heterocycles. The second kappa shape index (κ2) is 7.85. The smallest absolute Gasteiger partial charge is 0.337 e. The summed E-state index contributed by atoms with van der Waals surface area (Å²) >= 11 is 0. The molecule has 0 amide bonds. The van der Waals surface area contributed by atoms with Gasteiger partial charge in [0.05, 0.1) is 23.7 Å². The molecule has 2 heterocycles. The summed E-state index contributed by atoms with van der Waals surface area (Å²) in [4.78, 5) is 19.9. The minimum absolute atomic E-state index is 0.356. The third-order valence-electron chi connectivity index (χ3n) is 7.06.